The SMILES string of the molecule is O=S(=O)(c1ccc2c(c1)OCCO2)N1CC[NH+](Cc2cccc(Cl)c2)CC1. The van der Waals surface area contributed by atoms with Crippen LogP contribution in [0.3, 0.4) is 0 Å². The first-order valence-corrected chi connectivity index (χ1v) is 10.8. The van der Waals surface area contributed by atoms with E-state index in [0.717, 1.165) is 24.7 Å². The van der Waals surface area contributed by atoms with E-state index in [1.165, 1.54) is 10.5 Å². The Kier molecular flexibility index (Phi) is 5.27. The first-order valence-electron chi connectivity index (χ1n) is 9.00. The van der Waals surface area contributed by atoms with Crippen molar-refractivity contribution in [3.63, 3.8) is 0 Å². The molecule has 2 aromatic carbocycles. The van der Waals surface area contributed by atoms with Gasteiger partial charge < -0.3 is 14.4 Å². The van der Waals surface area contributed by atoms with Gasteiger partial charge in [0.1, 0.15) is 19.8 Å². The Morgan fingerprint density at radius 2 is 1.74 bits per heavy atom. The summed E-state index contributed by atoms with van der Waals surface area (Å²) in [6, 6.07) is 12.6. The average molecular weight is 410 g/mol. The summed E-state index contributed by atoms with van der Waals surface area (Å²) in [7, 11) is -3.54. The number of hydrogen-bond acceptors (Lipinski definition) is 4. The van der Waals surface area contributed by atoms with Gasteiger partial charge >= 0.3 is 0 Å². The van der Waals surface area contributed by atoms with Crippen molar-refractivity contribution in [2.45, 2.75) is 11.4 Å². The number of ether oxygens (including phenoxy) is 2. The molecule has 144 valence electrons. The topological polar surface area (TPSA) is 60.3 Å². The number of halogens is 1. The minimum absolute atomic E-state index is 0.255. The standard InChI is InChI=1S/C19H21ClN2O4S/c20-16-3-1-2-15(12-16)14-21-6-8-22(9-7-21)27(23,24)17-4-5-18-19(13-17)26-11-10-25-18/h1-5,12-13H,6-11,14H2/p+1. The van der Waals surface area contributed by atoms with Crippen molar-refractivity contribution in [2.75, 3.05) is 39.4 Å². The summed E-state index contributed by atoms with van der Waals surface area (Å²) < 4.78 is 38.5. The molecule has 0 saturated carbocycles. The number of sulfonamides is 1. The smallest absolute Gasteiger partial charge is 0.243 e. The largest absolute Gasteiger partial charge is 0.486 e. The van der Waals surface area contributed by atoms with Crippen molar-refractivity contribution < 1.29 is 22.8 Å². The molecule has 2 aromatic rings. The number of rotatable bonds is 4. The molecule has 0 spiro atoms. The summed E-state index contributed by atoms with van der Waals surface area (Å²) >= 11 is 6.05. The fourth-order valence-electron chi connectivity index (χ4n) is 3.49. The van der Waals surface area contributed by atoms with E-state index in [2.05, 4.69) is 6.07 Å². The molecule has 8 heteroatoms. The van der Waals surface area contributed by atoms with Crippen LogP contribution in [0.15, 0.2) is 47.4 Å². The molecule has 27 heavy (non-hydrogen) atoms. The van der Waals surface area contributed by atoms with Crippen LogP contribution in [0.5, 0.6) is 11.5 Å². The van der Waals surface area contributed by atoms with Gasteiger partial charge in [0.15, 0.2) is 11.5 Å². The monoisotopic (exact) mass is 409 g/mol. The van der Waals surface area contributed by atoms with Gasteiger partial charge in [-0.3, -0.25) is 0 Å². The lowest BCUT2D eigenvalue weighted by Crippen LogP contribution is -3.13. The molecule has 1 N–H and O–H groups in total. The van der Waals surface area contributed by atoms with E-state index in [4.69, 9.17) is 21.1 Å². The van der Waals surface area contributed by atoms with Crippen molar-refractivity contribution in [3.8, 4) is 11.5 Å². The Labute approximate surface area is 164 Å². The summed E-state index contributed by atoms with van der Waals surface area (Å²) in [5.41, 5.74) is 1.17. The molecule has 4 rings (SSSR count). The number of benzene rings is 2. The van der Waals surface area contributed by atoms with E-state index in [-0.39, 0.29) is 4.90 Å². The van der Waals surface area contributed by atoms with Crippen LogP contribution in [0, 0.1) is 0 Å². The van der Waals surface area contributed by atoms with Crippen molar-refractivity contribution >= 4 is 21.6 Å². The van der Waals surface area contributed by atoms with E-state index in [1.807, 2.05) is 18.2 Å². The van der Waals surface area contributed by atoms with Crippen LogP contribution in [0.2, 0.25) is 5.02 Å². The first kappa shape index (κ1) is 18.6. The Morgan fingerprint density at radius 1 is 1.00 bits per heavy atom. The van der Waals surface area contributed by atoms with Gasteiger partial charge in [0, 0.05) is 16.7 Å². The maximum absolute atomic E-state index is 13.0. The molecule has 2 aliphatic rings. The predicted octanol–water partition coefficient (Wildman–Crippen LogP) is 1.20. The highest BCUT2D eigenvalue weighted by molar-refractivity contribution is 7.89. The van der Waals surface area contributed by atoms with Gasteiger partial charge in [-0.25, -0.2) is 8.42 Å². The molecule has 0 aliphatic carbocycles. The van der Waals surface area contributed by atoms with E-state index in [0.29, 0.717) is 37.8 Å². The van der Waals surface area contributed by atoms with Crippen LogP contribution < -0.4 is 14.4 Å². The molecule has 1 fully saturated rings. The Hall–Kier alpha value is -1.80. The van der Waals surface area contributed by atoms with Crippen LogP contribution in [-0.2, 0) is 16.6 Å². The number of fused-ring (bicyclic) bond motifs is 1. The van der Waals surface area contributed by atoms with Crippen molar-refractivity contribution in [1.29, 1.82) is 0 Å². The average Bonchev–Trinajstić information content (AvgIpc) is 2.68. The van der Waals surface area contributed by atoms with Crippen LogP contribution >= 0.6 is 11.6 Å². The van der Waals surface area contributed by atoms with Crippen molar-refractivity contribution in [1.82, 2.24) is 4.31 Å². The van der Waals surface area contributed by atoms with E-state index in [9.17, 15) is 8.42 Å². The zero-order valence-corrected chi connectivity index (χ0v) is 16.4. The molecule has 0 bridgehead atoms. The Morgan fingerprint density at radius 3 is 2.48 bits per heavy atom. The first-order chi connectivity index (χ1) is 13.0. The zero-order valence-electron chi connectivity index (χ0n) is 14.9. The molecule has 0 unspecified atom stereocenters. The second-order valence-corrected chi connectivity index (χ2v) is 9.14. The highest BCUT2D eigenvalue weighted by atomic mass is 35.5. The molecule has 1 saturated heterocycles. The van der Waals surface area contributed by atoms with Crippen molar-refractivity contribution in [2.24, 2.45) is 0 Å². The highest BCUT2D eigenvalue weighted by Crippen LogP contribution is 2.33. The molecule has 0 amide bonds. The number of nitrogens with one attached hydrogen (secondary N) is 1. The summed E-state index contributed by atoms with van der Waals surface area (Å²) in [4.78, 5) is 1.61. The van der Waals surface area contributed by atoms with Gasteiger partial charge in [0.05, 0.1) is 31.1 Å². The molecular formula is C19H22ClN2O4S+. The predicted molar refractivity (Wildman–Crippen MR) is 102 cm³/mol. The van der Waals surface area contributed by atoms with E-state index in [1.54, 1.807) is 22.5 Å². The number of nitrogens with zero attached hydrogens (tertiary/aromatic N) is 1. The third kappa shape index (κ3) is 4.06. The molecular weight excluding hydrogens is 388 g/mol. The fraction of sp³-hybridized carbons (Fsp3) is 0.368. The van der Waals surface area contributed by atoms with E-state index >= 15 is 0 Å². The number of piperazine rings is 1. The lowest BCUT2D eigenvalue weighted by Gasteiger charge is -2.31. The van der Waals surface area contributed by atoms with Gasteiger partial charge in [0.2, 0.25) is 10.0 Å². The van der Waals surface area contributed by atoms with Crippen LogP contribution in [0.25, 0.3) is 0 Å². The van der Waals surface area contributed by atoms with Gasteiger partial charge in [-0.05, 0) is 24.3 Å². The summed E-state index contributed by atoms with van der Waals surface area (Å²) in [6.07, 6.45) is 0. The van der Waals surface area contributed by atoms with Crippen LogP contribution in [-0.4, -0.2) is 52.1 Å². The van der Waals surface area contributed by atoms with Crippen LogP contribution in [0.4, 0.5) is 0 Å². The van der Waals surface area contributed by atoms with Gasteiger partial charge in [-0.15, -0.1) is 0 Å². The number of hydrogen-bond donors (Lipinski definition) is 1. The Bertz CT molecular complexity index is 927. The minimum Gasteiger partial charge on any atom is -0.486 e. The maximum atomic E-state index is 13.0. The van der Waals surface area contributed by atoms with Gasteiger partial charge in [-0.1, -0.05) is 23.7 Å². The third-order valence-electron chi connectivity index (χ3n) is 4.92. The summed E-state index contributed by atoms with van der Waals surface area (Å²) in [5.74, 6) is 1.09. The third-order valence-corrected chi connectivity index (χ3v) is 7.05. The zero-order chi connectivity index (χ0) is 18.9. The fourth-order valence-corrected chi connectivity index (χ4v) is 5.16. The molecule has 2 heterocycles. The quantitative estimate of drug-likeness (QED) is 0.824. The maximum Gasteiger partial charge on any atom is 0.243 e. The summed E-state index contributed by atoms with van der Waals surface area (Å²) in [6.45, 7) is 4.27. The number of quaternary nitrogens is 1. The molecule has 2 aliphatic heterocycles. The second kappa shape index (κ2) is 7.67. The molecule has 0 aromatic heterocycles. The molecule has 0 atom stereocenters. The second-order valence-electron chi connectivity index (χ2n) is 6.77. The Balaban J connectivity index is 1.42. The van der Waals surface area contributed by atoms with Gasteiger partial charge in [0.25, 0.3) is 0 Å². The molecule has 0 radical (unpaired) electrons. The van der Waals surface area contributed by atoms with Gasteiger partial charge in [-0.2, -0.15) is 4.31 Å². The van der Waals surface area contributed by atoms with Crippen molar-refractivity contribution in [3.05, 3.63) is 53.1 Å². The highest BCUT2D eigenvalue weighted by Gasteiger charge is 2.31. The lowest BCUT2D eigenvalue weighted by molar-refractivity contribution is -0.917. The minimum atomic E-state index is -3.54. The normalized spacial score (nSPS) is 18.4. The lowest BCUT2D eigenvalue weighted by atomic mass is 10.2. The summed E-state index contributed by atoms with van der Waals surface area (Å²) in [5, 5.41) is 0.728. The van der Waals surface area contributed by atoms with Crippen LogP contribution in [0.1, 0.15) is 5.56 Å². The molecule has 6 nitrogen and oxygen atoms in total. The van der Waals surface area contributed by atoms with E-state index < -0.39 is 10.0 Å².